The van der Waals surface area contributed by atoms with Gasteiger partial charge in [0.15, 0.2) is 0 Å². The Balaban J connectivity index is 3.79. The molecule has 0 radical (unpaired) electrons. The van der Waals surface area contributed by atoms with E-state index < -0.39 is 6.30 Å². The van der Waals surface area contributed by atoms with E-state index in [1.165, 1.54) is 6.08 Å². The number of alkyl halides is 1. The maximum atomic E-state index is 12.5. The minimum absolute atomic E-state index is 0.125. The van der Waals surface area contributed by atoms with Gasteiger partial charge in [-0.15, -0.1) is 0 Å². The van der Waals surface area contributed by atoms with Gasteiger partial charge in [-0.1, -0.05) is 20.8 Å². The molecule has 0 N–H and O–H groups in total. The third-order valence-electron chi connectivity index (χ3n) is 0.974. The molecule has 58 valence electrons. The molecule has 0 aromatic heterocycles. The number of aliphatic imine (C=N–C) groups is 1. The molecule has 0 aliphatic rings. The van der Waals surface area contributed by atoms with E-state index in [2.05, 4.69) is 4.99 Å². The van der Waals surface area contributed by atoms with Gasteiger partial charge < -0.3 is 0 Å². The second kappa shape index (κ2) is 3.47. The highest BCUT2D eigenvalue weighted by Gasteiger charge is 2.16. The number of isocyanates is 1. The minimum atomic E-state index is -1.39. The Labute approximate surface area is 60.2 Å². The first-order valence-corrected chi connectivity index (χ1v) is 3.17. The van der Waals surface area contributed by atoms with E-state index >= 15 is 0 Å². The second-order valence-corrected chi connectivity index (χ2v) is 3.42. The summed E-state index contributed by atoms with van der Waals surface area (Å²) in [6.07, 6.45) is 0.0650. The highest BCUT2D eigenvalue weighted by Crippen LogP contribution is 2.22. The van der Waals surface area contributed by atoms with Crippen LogP contribution in [-0.4, -0.2) is 12.4 Å². The molecule has 0 rings (SSSR count). The molecule has 0 fully saturated rings. The second-order valence-electron chi connectivity index (χ2n) is 3.42. The number of halogens is 1. The lowest BCUT2D eigenvalue weighted by Crippen LogP contribution is -2.11. The van der Waals surface area contributed by atoms with Gasteiger partial charge in [-0.25, -0.2) is 9.18 Å². The Morgan fingerprint density at radius 3 is 2.40 bits per heavy atom. The van der Waals surface area contributed by atoms with Crippen molar-refractivity contribution in [3.63, 3.8) is 0 Å². The van der Waals surface area contributed by atoms with Gasteiger partial charge in [0.2, 0.25) is 12.4 Å². The lowest BCUT2D eigenvalue weighted by atomic mass is 9.92. The van der Waals surface area contributed by atoms with Crippen LogP contribution in [0.3, 0.4) is 0 Å². The van der Waals surface area contributed by atoms with Crippen molar-refractivity contribution in [3.05, 3.63) is 0 Å². The van der Waals surface area contributed by atoms with Crippen LogP contribution in [0.15, 0.2) is 4.99 Å². The first-order chi connectivity index (χ1) is 4.45. The van der Waals surface area contributed by atoms with Crippen molar-refractivity contribution in [2.24, 2.45) is 10.4 Å². The van der Waals surface area contributed by atoms with Crippen LogP contribution < -0.4 is 0 Å². The number of nitrogens with zero attached hydrogens (tertiary/aromatic N) is 1. The number of rotatable bonds is 2. The fourth-order valence-corrected chi connectivity index (χ4v) is 0.608. The van der Waals surface area contributed by atoms with Gasteiger partial charge in [0.25, 0.3) is 0 Å². The van der Waals surface area contributed by atoms with Crippen LogP contribution in [0, 0.1) is 5.41 Å². The van der Waals surface area contributed by atoms with Crippen molar-refractivity contribution < 1.29 is 9.18 Å². The van der Waals surface area contributed by atoms with E-state index in [1.807, 2.05) is 20.8 Å². The monoisotopic (exact) mass is 145 g/mol. The Kier molecular flexibility index (Phi) is 3.23. The third-order valence-corrected chi connectivity index (χ3v) is 0.974. The zero-order chi connectivity index (χ0) is 8.20. The quantitative estimate of drug-likeness (QED) is 0.332. The molecule has 0 heterocycles. The van der Waals surface area contributed by atoms with Crippen LogP contribution >= 0.6 is 0 Å². The van der Waals surface area contributed by atoms with E-state index in [0.717, 1.165) is 0 Å². The van der Waals surface area contributed by atoms with Gasteiger partial charge >= 0.3 is 0 Å². The number of carbonyl (C=O) groups excluding carboxylic acids is 1. The summed E-state index contributed by atoms with van der Waals surface area (Å²) in [6, 6.07) is 0. The molecule has 3 heteroatoms. The maximum absolute atomic E-state index is 12.5. The molecule has 0 aromatic carbocycles. The Morgan fingerprint density at radius 2 is 2.10 bits per heavy atom. The van der Waals surface area contributed by atoms with Crippen molar-refractivity contribution >= 4 is 6.08 Å². The van der Waals surface area contributed by atoms with Crippen LogP contribution in [0.1, 0.15) is 27.2 Å². The normalized spacial score (nSPS) is 14.0. The minimum Gasteiger partial charge on any atom is -0.221 e. The summed E-state index contributed by atoms with van der Waals surface area (Å²) >= 11 is 0. The summed E-state index contributed by atoms with van der Waals surface area (Å²) in [5.74, 6) is 0. The summed E-state index contributed by atoms with van der Waals surface area (Å²) in [6.45, 7) is 5.67. The Bertz CT molecular complexity index is 144. The van der Waals surface area contributed by atoms with Crippen molar-refractivity contribution in [1.29, 1.82) is 0 Å². The lowest BCUT2D eigenvalue weighted by molar-refractivity contribution is 0.232. The van der Waals surface area contributed by atoms with Gasteiger partial charge in [0.05, 0.1) is 0 Å². The number of hydrogen-bond acceptors (Lipinski definition) is 2. The van der Waals surface area contributed by atoms with Crippen LogP contribution in [-0.2, 0) is 4.79 Å². The summed E-state index contributed by atoms with van der Waals surface area (Å²) in [4.78, 5) is 12.5. The Hall–Kier alpha value is -0.690. The number of hydrogen-bond donors (Lipinski definition) is 0. The summed E-state index contributed by atoms with van der Waals surface area (Å²) in [7, 11) is 0. The topological polar surface area (TPSA) is 29.4 Å². The molecule has 0 saturated carbocycles. The third kappa shape index (κ3) is 5.45. The van der Waals surface area contributed by atoms with E-state index in [9.17, 15) is 9.18 Å². The van der Waals surface area contributed by atoms with Gasteiger partial charge in [0, 0.05) is 6.42 Å². The molecule has 0 saturated heterocycles. The zero-order valence-electron chi connectivity index (χ0n) is 6.52. The molecule has 0 bridgehead atoms. The van der Waals surface area contributed by atoms with Crippen molar-refractivity contribution in [1.82, 2.24) is 0 Å². The maximum Gasteiger partial charge on any atom is 0.237 e. The van der Waals surface area contributed by atoms with Gasteiger partial charge in [-0.3, -0.25) is 0 Å². The fourth-order valence-electron chi connectivity index (χ4n) is 0.608. The predicted octanol–water partition coefficient (Wildman–Crippen LogP) is 2.05. The summed E-state index contributed by atoms with van der Waals surface area (Å²) < 4.78 is 12.5. The smallest absolute Gasteiger partial charge is 0.221 e. The zero-order valence-corrected chi connectivity index (χ0v) is 6.52. The molecule has 0 amide bonds. The van der Waals surface area contributed by atoms with Crippen molar-refractivity contribution in [3.8, 4) is 0 Å². The molecule has 0 aliphatic heterocycles. The Morgan fingerprint density at radius 1 is 1.60 bits per heavy atom. The highest BCUT2D eigenvalue weighted by atomic mass is 19.1. The molecule has 1 atom stereocenters. The predicted molar refractivity (Wildman–Crippen MR) is 37.1 cm³/mol. The highest BCUT2D eigenvalue weighted by molar-refractivity contribution is 5.33. The summed E-state index contributed by atoms with van der Waals surface area (Å²) in [5.41, 5.74) is -0.125. The first-order valence-electron chi connectivity index (χ1n) is 3.17. The van der Waals surface area contributed by atoms with Crippen molar-refractivity contribution in [2.45, 2.75) is 33.5 Å². The molecule has 0 aliphatic carbocycles. The van der Waals surface area contributed by atoms with E-state index in [4.69, 9.17) is 0 Å². The molecule has 0 spiro atoms. The first kappa shape index (κ1) is 9.31. The fraction of sp³-hybridized carbons (Fsp3) is 0.857. The van der Waals surface area contributed by atoms with Gasteiger partial charge in [0.1, 0.15) is 0 Å². The molecule has 0 aromatic rings. The standard InChI is InChI=1S/C7H12FNO/c1-7(2,3)4-6(8)9-5-10/h6H,4H2,1-3H3. The molecular formula is C7H12FNO. The van der Waals surface area contributed by atoms with E-state index in [1.54, 1.807) is 0 Å². The van der Waals surface area contributed by atoms with Gasteiger partial charge in [-0.05, 0) is 5.41 Å². The average molecular weight is 145 g/mol. The average Bonchev–Trinajstić information content (AvgIpc) is 1.59. The van der Waals surface area contributed by atoms with Gasteiger partial charge in [-0.2, -0.15) is 4.99 Å². The van der Waals surface area contributed by atoms with Crippen LogP contribution in [0.25, 0.3) is 0 Å². The van der Waals surface area contributed by atoms with E-state index in [0.29, 0.717) is 0 Å². The molecule has 1 unspecified atom stereocenters. The lowest BCUT2D eigenvalue weighted by Gasteiger charge is -2.17. The summed E-state index contributed by atoms with van der Waals surface area (Å²) in [5, 5.41) is 0. The largest absolute Gasteiger partial charge is 0.237 e. The van der Waals surface area contributed by atoms with Crippen LogP contribution in [0.4, 0.5) is 4.39 Å². The SMILES string of the molecule is CC(C)(C)CC(F)N=C=O. The van der Waals surface area contributed by atoms with Crippen LogP contribution in [0.5, 0.6) is 0 Å². The van der Waals surface area contributed by atoms with Crippen LogP contribution in [0.2, 0.25) is 0 Å². The molecule has 2 nitrogen and oxygen atoms in total. The molecule has 10 heavy (non-hydrogen) atoms. The molecular weight excluding hydrogens is 133 g/mol. The van der Waals surface area contributed by atoms with E-state index in [-0.39, 0.29) is 11.8 Å². The van der Waals surface area contributed by atoms with Crippen molar-refractivity contribution in [2.75, 3.05) is 0 Å².